The molecule has 5 rings (SSSR count). The summed E-state index contributed by atoms with van der Waals surface area (Å²) in [6.07, 6.45) is 19.2. The Morgan fingerprint density at radius 1 is 1.00 bits per heavy atom. The summed E-state index contributed by atoms with van der Waals surface area (Å²) in [6, 6.07) is 9.80. The van der Waals surface area contributed by atoms with Crippen LogP contribution in [0.25, 0.3) is 0 Å². The molecule has 2 heterocycles. The van der Waals surface area contributed by atoms with Crippen LogP contribution >= 0.6 is 11.6 Å². The highest BCUT2D eigenvalue weighted by atomic mass is 35.5. The highest BCUT2D eigenvalue weighted by molar-refractivity contribution is 6.32. The van der Waals surface area contributed by atoms with E-state index in [-0.39, 0.29) is 23.0 Å². The average Bonchev–Trinajstić information content (AvgIpc) is 3.36. The molecule has 0 radical (unpaired) electrons. The van der Waals surface area contributed by atoms with Crippen molar-refractivity contribution in [1.29, 1.82) is 0 Å². The second kappa shape index (κ2) is 12.4. The molecule has 5 heteroatoms. The number of anilines is 1. The van der Waals surface area contributed by atoms with Gasteiger partial charge in [0.05, 0.1) is 5.41 Å². The van der Waals surface area contributed by atoms with E-state index in [1.54, 1.807) is 12.1 Å². The number of nitrogens with one attached hydrogen (secondary N) is 2. The lowest BCUT2D eigenvalue weighted by Gasteiger charge is -2.18. The van der Waals surface area contributed by atoms with Crippen LogP contribution in [0.3, 0.4) is 0 Å². The second-order valence-corrected chi connectivity index (χ2v) is 10.1. The topological polar surface area (TPSA) is 26.0 Å². The van der Waals surface area contributed by atoms with Crippen molar-refractivity contribution in [2.75, 3.05) is 5.32 Å². The highest BCUT2D eigenvalue weighted by Gasteiger charge is 2.40. The molecular weight excluding hydrogens is 498 g/mol. The molecule has 0 saturated heterocycles. The van der Waals surface area contributed by atoms with Crippen LogP contribution in [0.5, 0.6) is 0 Å². The first-order chi connectivity index (χ1) is 18.2. The predicted octanol–water partition coefficient (Wildman–Crippen LogP) is 7.96. The van der Waals surface area contributed by atoms with Gasteiger partial charge in [-0.2, -0.15) is 0 Å². The molecule has 0 aromatic heterocycles. The van der Waals surface area contributed by atoms with Gasteiger partial charge >= 0.3 is 0 Å². The van der Waals surface area contributed by atoms with E-state index in [9.17, 15) is 8.78 Å². The first-order valence-electron chi connectivity index (χ1n) is 13.1. The van der Waals surface area contributed by atoms with Crippen LogP contribution in [0, 0.1) is 24.5 Å². The number of hydrogen-bond acceptors (Lipinski definition) is 1. The van der Waals surface area contributed by atoms with E-state index < -0.39 is 0 Å². The Labute approximate surface area is 230 Å². The molecule has 0 spiro atoms. The molecule has 2 aromatic carbocycles. The summed E-state index contributed by atoms with van der Waals surface area (Å²) in [6.45, 7) is 10.4. The Morgan fingerprint density at radius 3 is 2.42 bits per heavy atom. The quantitative estimate of drug-likeness (QED) is 0.384. The third-order valence-electron chi connectivity index (χ3n) is 7.20. The molecule has 38 heavy (non-hydrogen) atoms. The largest absolute Gasteiger partial charge is 0.358 e. The number of halogens is 3. The molecule has 3 aliphatic rings. The van der Waals surface area contributed by atoms with Crippen LogP contribution in [-0.2, 0) is 5.41 Å². The zero-order valence-electron chi connectivity index (χ0n) is 22.8. The summed E-state index contributed by atoms with van der Waals surface area (Å²) in [5, 5.41) is 4.13. The van der Waals surface area contributed by atoms with Crippen molar-refractivity contribution < 1.29 is 13.8 Å². The Morgan fingerprint density at radius 2 is 1.68 bits per heavy atom. The summed E-state index contributed by atoms with van der Waals surface area (Å²) >= 11 is 6.83. The lowest BCUT2D eigenvalue weighted by Crippen LogP contribution is -2.65. The van der Waals surface area contributed by atoms with Crippen LogP contribution in [0.1, 0.15) is 70.9 Å². The van der Waals surface area contributed by atoms with Crippen LogP contribution < -0.4 is 10.3 Å². The van der Waals surface area contributed by atoms with Gasteiger partial charge in [0.1, 0.15) is 11.6 Å². The van der Waals surface area contributed by atoms with Crippen molar-refractivity contribution in [2.45, 2.75) is 65.2 Å². The lowest BCUT2D eigenvalue weighted by atomic mass is 9.81. The molecule has 0 bridgehead atoms. The standard InChI is InChI=1S/C29H27ClF2N2.C2H6.C2H2/c1-17-22-11-9-20(31)15-25(22)33-24(17)13-7-18-5-4-6-19(28(18)30)8-14-27-29(2,3)23-12-10-21(32)16-26(23)34-27;2*1-2/h7-17,33H,4-6H2,1-3H3;1-2H3;1-2H/p+1/b14-8+,18-7+,24-13+;;/t17-;;/m0../s1. The van der Waals surface area contributed by atoms with E-state index in [0.29, 0.717) is 0 Å². The molecule has 2 aromatic rings. The number of fused-ring (bicyclic) bond motifs is 2. The fraction of sp³-hybridized carbons (Fsp3) is 0.303. The molecule has 2 N–H and O–H groups in total. The van der Waals surface area contributed by atoms with Crippen LogP contribution in [0.4, 0.5) is 20.2 Å². The van der Waals surface area contributed by atoms with E-state index in [0.717, 1.165) is 69.4 Å². The molecule has 1 aliphatic carbocycles. The molecule has 0 amide bonds. The van der Waals surface area contributed by atoms with Crippen molar-refractivity contribution in [2.24, 2.45) is 0 Å². The minimum absolute atomic E-state index is 0.178. The molecule has 0 saturated carbocycles. The number of rotatable bonds is 3. The van der Waals surface area contributed by atoms with Gasteiger partial charge in [-0.25, -0.2) is 13.8 Å². The van der Waals surface area contributed by atoms with Crippen molar-refractivity contribution in [1.82, 2.24) is 0 Å². The van der Waals surface area contributed by atoms with E-state index in [1.807, 2.05) is 26.0 Å². The van der Waals surface area contributed by atoms with Crippen LogP contribution in [-0.4, -0.2) is 5.71 Å². The SMILES string of the molecule is C#C.CC.C[C@@H]1/C(=C\C=C2/CCCC(/C=C/C3=[NH+]c4cc(F)ccc4C3(C)C)=C2Cl)Nc2cc(F)ccc21. The molecule has 2 nitrogen and oxygen atoms in total. The monoisotopic (exact) mass is 533 g/mol. The molecule has 1 atom stereocenters. The van der Waals surface area contributed by atoms with Crippen LogP contribution in [0.2, 0.25) is 0 Å². The summed E-state index contributed by atoms with van der Waals surface area (Å²) in [5.74, 6) is -0.302. The van der Waals surface area contributed by atoms with Gasteiger partial charge in [0.25, 0.3) is 0 Å². The van der Waals surface area contributed by atoms with Crippen molar-refractivity contribution in [3.05, 3.63) is 105 Å². The molecule has 0 fully saturated rings. The van der Waals surface area contributed by atoms with Crippen molar-refractivity contribution in [3.63, 3.8) is 0 Å². The molecular formula is C33H36ClF2N2+. The fourth-order valence-electron chi connectivity index (χ4n) is 5.08. The fourth-order valence-corrected chi connectivity index (χ4v) is 5.39. The maximum atomic E-state index is 13.7. The Balaban J connectivity index is 0.000000956. The second-order valence-electron chi connectivity index (χ2n) is 9.77. The minimum atomic E-state index is -0.242. The Hall–Kier alpha value is -3.42. The van der Waals surface area contributed by atoms with Crippen molar-refractivity contribution in [3.8, 4) is 12.8 Å². The number of benzene rings is 2. The average molecular weight is 534 g/mol. The minimum Gasteiger partial charge on any atom is -0.358 e. The summed E-state index contributed by atoms with van der Waals surface area (Å²) in [7, 11) is 0. The summed E-state index contributed by atoms with van der Waals surface area (Å²) in [4.78, 5) is 3.38. The van der Waals surface area contributed by atoms with Gasteiger partial charge in [-0.15, -0.1) is 12.8 Å². The third kappa shape index (κ3) is 5.84. The van der Waals surface area contributed by atoms with Gasteiger partial charge in [-0.3, -0.25) is 0 Å². The van der Waals surface area contributed by atoms with Gasteiger partial charge in [0, 0.05) is 40.0 Å². The zero-order chi connectivity index (χ0) is 28.0. The Bertz CT molecular complexity index is 1370. The summed E-state index contributed by atoms with van der Waals surface area (Å²) in [5.41, 5.74) is 7.87. The smallest absolute Gasteiger partial charge is 0.211 e. The molecule has 0 unspecified atom stereocenters. The van der Waals surface area contributed by atoms with Gasteiger partial charge in [-0.05, 0) is 80.2 Å². The number of allylic oxidation sites excluding steroid dienone is 8. The normalized spacial score (nSPS) is 21.2. The van der Waals surface area contributed by atoms with Gasteiger partial charge in [0.2, 0.25) is 5.69 Å². The van der Waals surface area contributed by atoms with Gasteiger partial charge < -0.3 is 5.32 Å². The Kier molecular flexibility index (Phi) is 9.52. The van der Waals surface area contributed by atoms with E-state index in [4.69, 9.17) is 11.6 Å². The molecule has 2 aliphatic heterocycles. The summed E-state index contributed by atoms with van der Waals surface area (Å²) < 4.78 is 27.3. The van der Waals surface area contributed by atoms with E-state index in [2.05, 4.69) is 68.2 Å². The first-order valence-corrected chi connectivity index (χ1v) is 13.4. The zero-order valence-corrected chi connectivity index (χ0v) is 23.5. The lowest BCUT2D eigenvalue weighted by molar-refractivity contribution is -0.349. The van der Waals surface area contributed by atoms with E-state index >= 15 is 0 Å². The van der Waals surface area contributed by atoms with Gasteiger partial charge in [-0.1, -0.05) is 50.6 Å². The highest BCUT2D eigenvalue weighted by Crippen LogP contribution is 2.39. The first kappa shape index (κ1) is 29.1. The van der Waals surface area contributed by atoms with E-state index in [1.165, 1.54) is 12.1 Å². The predicted molar refractivity (Wildman–Crippen MR) is 157 cm³/mol. The maximum absolute atomic E-state index is 13.7. The number of terminal acetylenes is 1. The van der Waals surface area contributed by atoms with Crippen LogP contribution in [0.15, 0.2) is 82.6 Å². The van der Waals surface area contributed by atoms with Gasteiger partial charge in [0.15, 0.2) is 5.71 Å². The maximum Gasteiger partial charge on any atom is 0.211 e. The molecule has 198 valence electrons. The number of hydrogen-bond donors (Lipinski definition) is 2. The van der Waals surface area contributed by atoms with Crippen molar-refractivity contribution >= 4 is 28.7 Å². The third-order valence-corrected chi connectivity index (χ3v) is 7.68.